The minimum Gasteiger partial charge on any atom is -0.302 e. The van der Waals surface area contributed by atoms with Crippen molar-refractivity contribution < 1.29 is 8.78 Å². The van der Waals surface area contributed by atoms with Crippen molar-refractivity contribution >= 4 is 0 Å². The molecule has 0 bridgehead atoms. The molecule has 2 aromatic rings. The fourth-order valence-corrected chi connectivity index (χ4v) is 3.95. The zero-order valence-electron chi connectivity index (χ0n) is 15.5. The van der Waals surface area contributed by atoms with Gasteiger partial charge in [-0.25, -0.2) is 8.78 Å². The first-order valence-electron chi connectivity index (χ1n) is 9.73. The fraction of sp³-hybridized carbons (Fsp3) is 0.478. The molecule has 138 valence electrons. The average Bonchev–Trinajstić information content (AvgIpc) is 3.55. The van der Waals surface area contributed by atoms with Gasteiger partial charge < -0.3 is 4.90 Å². The van der Waals surface area contributed by atoms with Crippen LogP contribution < -0.4 is 0 Å². The molecule has 0 unspecified atom stereocenters. The van der Waals surface area contributed by atoms with E-state index in [1.165, 1.54) is 5.56 Å². The van der Waals surface area contributed by atoms with Gasteiger partial charge in [0.15, 0.2) is 0 Å². The molecule has 0 atom stereocenters. The third kappa shape index (κ3) is 3.68. The Kier molecular flexibility index (Phi) is 4.60. The first-order chi connectivity index (χ1) is 12.5. The third-order valence-corrected chi connectivity index (χ3v) is 5.78. The molecule has 0 saturated heterocycles. The summed E-state index contributed by atoms with van der Waals surface area (Å²) in [5, 5.41) is 0. The second kappa shape index (κ2) is 6.77. The molecule has 0 aliphatic heterocycles. The van der Waals surface area contributed by atoms with Crippen molar-refractivity contribution in [2.75, 3.05) is 13.6 Å². The molecule has 2 aromatic carbocycles. The molecule has 0 spiro atoms. The van der Waals surface area contributed by atoms with Gasteiger partial charge in [0.05, 0.1) is 0 Å². The number of rotatable bonds is 8. The summed E-state index contributed by atoms with van der Waals surface area (Å²) < 4.78 is 29.6. The zero-order chi connectivity index (χ0) is 18.2. The van der Waals surface area contributed by atoms with Crippen molar-refractivity contribution in [3.63, 3.8) is 0 Å². The lowest BCUT2D eigenvalue weighted by atomic mass is 9.90. The summed E-state index contributed by atoms with van der Waals surface area (Å²) in [6.07, 6.45) is 3.99. The topological polar surface area (TPSA) is 3.24 Å². The molecular weight excluding hydrogens is 328 g/mol. The van der Waals surface area contributed by atoms with Crippen LogP contribution in [0.3, 0.4) is 0 Å². The minimum absolute atomic E-state index is 0.580. The van der Waals surface area contributed by atoms with Crippen LogP contribution in [0.4, 0.5) is 8.78 Å². The lowest BCUT2D eigenvalue weighted by Gasteiger charge is -2.21. The Labute approximate surface area is 155 Å². The number of alkyl halides is 2. The largest absolute Gasteiger partial charge is 0.302 e. The first-order valence-corrected chi connectivity index (χ1v) is 9.73. The van der Waals surface area contributed by atoms with Crippen molar-refractivity contribution in [3.05, 3.63) is 70.8 Å². The Balaban J connectivity index is 1.44. The van der Waals surface area contributed by atoms with E-state index in [9.17, 15) is 8.78 Å². The predicted molar refractivity (Wildman–Crippen MR) is 102 cm³/mol. The summed E-state index contributed by atoms with van der Waals surface area (Å²) in [6.45, 7) is 1.82. The number of hydrogen-bond acceptors (Lipinski definition) is 1. The van der Waals surface area contributed by atoms with E-state index < -0.39 is 11.3 Å². The summed E-state index contributed by atoms with van der Waals surface area (Å²) >= 11 is 0. The Bertz CT molecular complexity index is 727. The van der Waals surface area contributed by atoms with Gasteiger partial charge in [-0.2, -0.15) is 0 Å². The van der Waals surface area contributed by atoms with Crippen molar-refractivity contribution in [2.24, 2.45) is 0 Å². The lowest BCUT2D eigenvalue weighted by Crippen LogP contribution is -2.20. The highest BCUT2D eigenvalue weighted by molar-refractivity contribution is 5.46. The standard InChI is InChI=1S/C23H27F2N/c1-26(17-18-7-3-2-4-8-18)16-6-9-19-20(22(24)12-13-22)10-5-11-21(19)23(25)14-15-23/h2-5,7-8,10-11H,6,9,12-17H2,1H3. The highest BCUT2D eigenvalue weighted by atomic mass is 19.1. The molecular formula is C23H27F2N. The summed E-state index contributed by atoms with van der Waals surface area (Å²) in [6, 6.07) is 16.0. The molecule has 3 heteroatoms. The molecule has 2 fully saturated rings. The van der Waals surface area contributed by atoms with Crippen LogP contribution in [0.15, 0.2) is 48.5 Å². The molecule has 1 nitrogen and oxygen atoms in total. The van der Waals surface area contributed by atoms with E-state index in [1.807, 2.05) is 24.3 Å². The molecule has 2 saturated carbocycles. The smallest absolute Gasteiger partial charge is 0.136 e. The number of hydrogen-bond donors (Lipinski definition) is 0. The van der Waals surface area contributed by atoms with Gasteiger partial charge in [-0.3, -0.25) is 0 Å². The van der Waals surface area contributed by atoms with Gasteiger partial charge >= 0.3 is 0 Å². The van der Waals surface area contributed by atoms with E-state index in [1.54, 1.807) is 0 Å². The quantitative estimate of drug-likeness (QED) is 0.590. The fourth-order valence-electron chi connectivity index (χ4n) is 3.95. The number of nitrogens with zero attached hydrogens (tertiary/aromatic N) is 1. The van der Waals surface area contributed by atoms with Gasteiger partial charge in [0.1, 0.15) is 11.3 Å². The maximum Gasteiger partial charge on any atom is 0.136 e. The second-order valence-electron chi connectivity index (χ2n) is 8.09. The van der Waals surface area contributed by atoms with Crippen LogP contribution in [0.1, 0.15) is 54.4 Å². The Hall–Kier alpha value is -1.74. The highest BCUT2D eigenvalue weighted by Gasteiger charge is 2.50. The van der Waals surface area contributed by atoms with Crippen molar-refractivity contribution in [1.82, 2.24) is 4.90 Å². The monoisotopic (exact) mass is 355 g/mol. The summed E-state index contributed by atoms with van der Waals surface area (Å²) in [7, 11) is 2.11. The van der Waals surface area contributed by atoms with Crippen molar-refractivity contribution in [2.45, 2.75) is 56.4 Å². The second-order valence-corrected chi connectivity index (χ2v) is 8.09. The van der Waals surface area contributed by atoms with Gasteiger partial charge in [-0.05, 0) is 74.4 Å². The molecule has 0 amide bonds. The summed E-state index contributed by atoms with van der Waals surface area (Å²) in [4.78, 5) is 2.28. The van der Waals surface area contributed by atoms with Gasteiger partial charge in [-0.1, -0.05) is 48.5 Å². The molecule has 2 aliphatic rings. The predicted octanol–water partition coefficient (Wildman–Crippen LogP) is 5.67. The van der Waals surface area contributed by atoms with Crippen LogP contribution in [0.2, 0.25) is 0 Å². The zero-order valence-corrected chi connectivity index (χ0v) is 15.5. The van der Waals surface area contributed by atoms with E-state index in [-0.39, 0.29) is 0 Å². The molecule has 0 heterocycles. The lowest BCUT2D eigenvalue weighted by molar-refractivity contribution is 0.298. The summed E-state index contributed by atoms with van der Waals surface area (Å²) in [5.41, 5.74) is 1.34. The summed E-state index contributed by atoms with van der Waals surface area (Å²) in [5.74, 6) is 0. The van der Waals surface area contributed by atoms with Gasteiger partial charge in [-0.15, -0.1) is 0 Å². The van der Waals surface area contributed by atoms with E-state index in [4.69, 9.17) is 0 Å². The Morgan fingerprint density at radius 2 is 1.42 bits per heavy atom. The number of benzene rings is 2. The Morgan fingerprint density at radius 3 is 1.96 bits per heavy atom. The molecule has 26 heavy (non-hydrogen) atoms. The molecule has 0 aromatic heterocycles. The van der Waals surface area contributed by atoms with Crippen LogP contribution in [0.25, 0.3) is 0 Å². The van der Waals surface area contributed by atoms with Gasteiger partial charge in [0.25, 0.3) is 0 Å². The van der Waals surface area contributed by atoms with Crippen LogP contribution in [-0.2, 0) is 24.3 Å². The maximum atomic E-state index is 14.8. The average molecular weight is 355 g/mol. The maximum absolute atomic E-state index is 14.8. The molecule has 0 radical (unpaired) electrons. The van der Waals surface area contributed by atoms with Crippen LogP contribution in [0.5, 0.6) is 0 Å². The van der Waals surface area contributed by atoms with Crippen LogP contribution in [0, 0.1) is 0 Å². The van der Waals surface area contributed by atoms with E-state index in [0.29, 0.717) is 25.7 Å². The molecule has 2 aliphatic carbocycles. The van der Waals surface area contributed by atoms with Gasteiger partial charge in [0.2, 0.25) is 0 Å². The SMILES string of the molecule is CN(CCCc1c(C2(F)CC2)cccc1C1(F)CC1)Cc1ccccc1. The highest BCUT2D eigenvalue weighted by Crippen LogP contribution is 2.55. The molecule has 0 N–H and O–H groups in total. The normalized spacial score (nSPS) is 19.5. The Morgan fingerprint density at radius 1 is 0.846 bits per heavy atom. The first kappa shape index (κ1) is 17.7. The van der Waals surface area contributed by atoms with E-state index >= 15 is 0 Å². The van der Waals surface area contributed by atoms with Gasteiger partial charge in [0, 0.05) is 6.54 Å². The minimum atomic E-state index is -1.20. The van der Waals surface area contributed by atoms with Crippen LogP contribution in [-0.4, -0.2) is 18.5 Å². The van der Waals surface area contributed by atoms with Crippen LogP contribution >= 0.6 is 0 Å². The van der Waals surface area contributed by atoms with E-state index in [2.05, 4.69) is 36.2 Å². The number of halogens is 2. The van der Waals surface area contributed by atoms with Crippen molar-refractivity contribution in [1.29, 1.82) is 0 Å². The third-order valence-electron chi connectivity index (χ3n) is 5.78. The van der Waals surface area contributed by atoms with E-state index in [0.717, 1.165) is 42.6 Å². The van der Waals surface area contributed by atoms with Crippen molar-refractivity contribution in [3.8, 4) is 0 Å². The molecule has 4 rings (SSSR count).